The molecule has 6 unspecified atom stereocenters. The van der Waals surface area contributed by atoms with Crippen LogP contribution in [-0.4, -0.2) is 36.3 Å². The normalized spacial score (nSPS) is 43.9. The number of hydrogen-bond donors (Lipinski definition) is 6. The van der Waals surface area contributed by atoms with Crippen molar-refractivity contribution in [3.8, 4) is 0 Å². The minimum atomic E-state index is -0.169. The Kier molecular flexibility index (Phi) is 7.20. The van der Waals surface area contributed by atoms with E-state index in [9.17, 15) is 0 Å². The van der Waals surface area contributed by atoms with Crippen LogP contribution in [0.1, 0.15) is 44.9 Å². The standard InChI is InChI=1S/C13H32N6/c14-8-2-1-3-11(17)13(19)12(18)5-4-9(15)7-10(16)6-8/h8-13H,1-7,14-19H2. The number of hydrogen-bond acceptors (Lipinski definition) is 6. The van der Waals surface area contributed by atoms with E-state index >= 15 is 0 Å². The molecule has 1 fully saturated rings. The van der Waals surface area contributed by atoms with Gasteiger partial charge in [-0.15, -0.1) is 0 Å². The fraction of sp³-hybridized carbons (Fsp3) is 1.00. The lowest BCUT2D eigenvalue weighted by Gasteiger charge is -2.26. The van der Waals surface area contributed by atoms with Crippen LogP contribution in [0.4, 0.5) is 0 Å². The zero-order valence-electron chi connectivity index (χ0n) is 11.9. The van der Waals surface area contributed by atoms with Crippen molar-refractivity contribution in [1.29, 1.82) is 0 Å². The summed E-state index contributed by atoms with van der Waals surface area (Å²) in [6, 6.07) is -0.0563. The van der Waals surface area contributed by atoms with E-state index in [-0.39, 0.29) is 36.3 Å². The number of nitrogens with two attached hydrogens (primary N) is 6. The third-order valence-corrected chi connectivity index (χ3v) is 4.18. The molecule has 6 atom stereocenters. The maximum absolute atomic E-state index is 6.10. The first kappa shape index (κ1) is 16.8. The molecule has 1 aliphatic rings. The summed E-state index contributed by atoms with van der Waals surface area (Å²) in [5.41, 5.74) is 36.5. The Labute approximate surface area is 116 Å². The third-order valence-electron chi connectivity index (χ3n) is 4.18. The van der Waals surface area contributed by atoms with Crippen molar-refractivity contribution >= 4 is 0 Å². The van der Waals surface area contributed by atoms with Crippen molar-refractivity contribution in [3.63, 3.8) is 0 Å². The molecule has 0 spiro atoms. The summed E-state index contributed by atoms with van der Waals surface area (Å²) in [6.07, 6.45) is 6.02. The molecule has 0 saturated heterocycles. The minimum absolute atomic E-state index is 0.0622. The van der Waals surface area contributed by atoms with Crippen molar-refractivity contribution in [1.82, 2.24) is 0 Å². The lowest BCUT2D eigenvalue weighted by Crippen LogP contribution is -2.53. The van der Waals surface area contributed by atoms with E-state index < -0.39 is 0 Å². The Hall–Kier alpha value is -0.240. The molecule has 6 nitrogen and oxygen atoms in total. The smallest absolute Gasteiger partial charge is 0.0346 e. The summed E-state index contributed by atoms with van der Waals surface area (Å²) in [4.78, 5) is 0. The second-order valence-electron chi connectivity index (χ2n) is 6.16. The van der Waals surface area contributed by atoms with Crippen LogP contribution in [0.25, 0.3) is 0 Å². The van der Waals surface area contributed by atoms with Gasteiger partial charge in [0.05, 0.1) is 0 Å². The first-order valence-corrected chi connectivity index (χ1v) is 7.43. The van der Waals surface area contributed by atoms with Gasteiger partial charge in [0.1, 0.15) is 0 Å². The predicted molar refractivity (Wildman–Crippen MR) is 80.2 cm³/mol. The van der Waals surface area contributed by atoms with Crippen LogP contribution in [0.2, 0.25) is 0 Å². The predicted octanol–water partition coefficient (Wildman–Crippen LogP) is -1.31. The van der Waals surface area contributed by atoms with E-state index in [4.69, 9.17) is 34.4 Å². The van der Waals surface area contributed by atoms with E-state index in [0.717, 1.165) is 44.9 Å². The van der Waals surface area contributed by atoms with Crippen LogP contribution >= 0.6 is 0 Å². The summed E-state index contributed by atoms with van der Waals surface area (Å²) in [5, 5.41) is 0. The Morgan fingerprint density at radius 1 is 0.526 bits per heavy atom. The molecule has 12 N–H and O–H groups in total. The fourth-order valence-electron chi connectivity index (χ4n) is 2.83. The molecule has 0 radical (unpaired) electrons. The molecule has 0 heterocycles. The van der Waals surface area contributed by atoms with E-state index in [1.165, 1.54) is 0 Å². The Morgan fingerprint density at radius 3 is 1.68 bits per heavy atom. The molecule has 6 heteroatoms. The molecule has 0 aromatic carbocycles. The van der Waals surface area contributed by atoms with Crippen molar-refractivity contribution in [2.45, 2.75) is 81.2 Å². The molecule has 0 bridgehead atoms. The van der Waals surface area contributed by atoms with Crippen LogP contribution in [0.3, 0.4) is 0 Å². The molecule has 0 aromatic rings. The van der Waals surface area contributed by atoms with Crippen LogP contribution in [0.15, 0.2) is 0 Å². The van der Waals surface area contributed by atoms with Crippen LogP contribution in [0.5, 0.6) is 0 Å². The zero-order chi connectivity index (χ0) is 14.4. The molecule has 1 rings (SSSR count). The van der Waals surface area contributed by atoms with Crippen molar-refractivity contribution in [2.75, 3.05) is 0 Å². The molecule has 0 amide bonds. The summed E-state index contributed by atoms with van der Waals surface area (Å²) >= 11 is 0. The van der Waals surface area contributed by atoms with Crippen molar-refractivity contribution < 1.29 is 0 Å². The largest absolute Gasteiger partial charge is 0.328 e. The summed E-state index contributed by atoms with van der Waals surface area (Å²) in [7, 11) is 0. The second kappa shape index (κ2) is 8.14. The van der Waals surface area contributed by atoms with E-state index in [2.05, 4.69) is 0 Å². The lowest BCUT2D eigenvalue weighted by molar-refractivity contribution is 0.382. The van der Waals surface area contributed by atoms with Gasteiger partial charge in [0.2, 0.25) is 0 Å². The van der Waals surface area contributed by atoms with Gasteiger partial charge < -0.3 is 34.4 Å². The average Bonchev–Trinajstić information content (AvgIpc) is 2.33. The molecule has 0 aromatic heterocycles. The molecule has 1 saturated carbocycles. The van der Waals surface area contributed by atoms with E-state index in [0.29, 0.717) is 0 Å². The Morgan fingerprint density at radius 2 is 1.05 bits per heavy atom. The van der Waals surface area contributed by atoms with Crippen molar-refractivity contribution in [2.24, 2.45) is 34.4 Å². The van der Waals surface area contributed by atoms with Gasteiger partial charge in [0.15, 0.2) is 0 Å². The summed E-state index contributed by atoms with van der Waals surface area (Å²) in [5.74, 6) is 0. The third kappa shape index (κ3) is 6.16. The molecular formula is C13H32N6. The van der Waals surface area contributed by atoms with Gasteiger partial charge in [0, 0.05) is 36.3 Å². The van der Waals surface area contributed by atoms with Crippen molar-refractivity contribution in [3.05, 3.63) is 0 Å². The highest BCUT2D eigenvalue weighted by Crippen LogP contribution is 2.14. The molecule has 19 heavy (non-hydrogen) atoms. The van der Waals surface area contributed by atoms with Crippen LogP contribution in [-0.2, 0) is 0 Å². The molecular weight excluding hydrogens is 240 g/mol. The average molecular weight is 272 g/mol. The summed E-state index contributed by atoms with van der Waals surface area (Å²) in [6.45, 7) is 0. The maximum atomic E-state index is 6.10. The van der Waals surface area contributed by atoms with Crippen LogP contribution in [0, 0.1) is 0 Å². The first-order chi connectivity index (χ1) is 8.90. The Balaban J connectivity index is 2.60. The molecule has 114 valence electrons. The quantitative estimate of drug-likeness (QED) is 0.321. The topological polar surface area (TPSA) is 156 Å². The zero-order valence-corrected chi connectivity index (χ0v) is 11.9. The number of rotatable bonds is 0. The highest BCUT2D eigenvalue weighted by molar-refractivity contribution is 4.87. The first-order valence-electron chi connectivity index (χ1n) is 7.43. The minimum Gasteiger partial charge on any atom is -0.328 e. The van der Waals surface area contributed by atoms with E-state index in [1.54, 1.807) is 0 Å². The second-order valence-corrected chi connectivity index (χ2v) is 6.16. The summed E-state index contributed by atoms with van der Waals surface area (Å²) < 4.78 is 0. The van der Waals surface area contributed by atoms with Gasteiger partial charge in [-0.1, -0.05) is 6.42 Å². The highest BCUT2D eigenvalue weighted by Gasteiger charge is 2.23. The Bertz CT molecular complexity index is 249. The van der Waals surface area contributed by atoms with Gasteiger partial charge in [0.25, 0.3) is 0 Å². The maximum Gasteiger partial charge on any atom is 0.0346 e. The van der Waals surface area contributed by atoms with Crippen LogP contribution < -0.4 is 34.4 Å². The van der Waals surface area contributed by atoms with Gasteiger partial charge in [-0.25, -0.2) is 0 Å². The van der Waals surface area contributed by atoms with E-state index in [1.807, 2.05) is 0 Å². The van der Waals surface area contributed by atoms with Gasteiger partial charge in [-0.3, -0.25) is 0 Å². The van der Waals surface area contributed by atoms with Gasteiger partial charge in [-0.05, 0) is 38.5 Å². The fourth-order valence-corrected chi connectivity index (χ4v) is 2.83. The molecule has 0 aliphatic heterocycles. The monoisotopic (exact) mass is 272 g/mol. The van der Waals surface area contributed by atoms with Gasteiger partial charge in [-0.2, -0.15) is 0 Å². The lowest BCUT2D eigenvalue weighted by atomic mass is 9.93. The SMILES string of the molecule is NC1CCCC(N)C(N)C(N)CCC(N)CC(N)C1. The van der Waals surface area contributed by atoms with Gasteiger partial charge >= 0.3 is 0 Å². The highest BCUT2D eigenvalue weighted by atomic mass is 14.9. The molecule has 1 aliphatic carbocycles.